The molecule has 3 aromatic rings. The van der Waals surface area contributed by atoms with Gasteiger partial charge in [0.05, 0.1) is 25.9 Å². The van der Waals surface area contributed by atoms with Crippen LogP contribution >= 0.6 is 0 Å². The van der Waals surface area contributed by atoms with Crippen LogP contribution in [0, 0.1) is 0 Å². The normalized spacial score (nSPS) is 11.5. The van der Waals surface area contributed by atoms with Gasteiger partial charge in [0, 0.05) is 17.8 Å². The smallest absolute Gasteiger partial charge is 0.320 e. The first-order valence-corrected chi connectivity index (χ1v) is 8.51. The van der Waals surface area contributed by atoms with Gasteiger partial charge in [-0.05, 0) is 37.3 Å². The first kappa shape index (κ1) is 18.3. The van der Waals surface area contributed by atoms with E-state index in [2.05, 4.69) is 15.7 Å². The number of amides is 2. The van der Waals surface area contributed by atoms with Crippen LogP contribution in [-0.2, 0) is 0 Å². The number of para-hydroxylation sites is 1. The van der Waals surface area contributed by atoms with E-state index in [1.54, 1.807) is 31.2 Å². The van der Waals surface area contributed by atoms with Crippen molar-refractivity contribution in [2.45, 2.75) is 13.0 Å². The molecule has 1 atom stereocenters. The fourth-order valence-corrected chi connectivity index (χ4v) is 2.72. The second-order valence-electron chi connectivity index (χ2n) is 5.91. The van der Waals surface area contributed by atoms with Crippen molar-refractivity contribution in [3.8, 4) is 17.2 Å². The number of urea groups is 1. The van der Waals surface area contributed by atoms with Crippen molar-refractivity contribution < 1.29 is 14.3 Å². The fourth-order valence-electron chi connectivity index (χ4n) is 2.72. The number of hydrogen-bond donors (Lipinski definition) is 2. The molecule has 0 saturated heterocycles. The fraction of sp³-hybridized carbons (Fsp3) is 0.200. The predicted molar refractivity (Wildman–Crippen MR) is 104 cm³/mol. The summed E-state index contributed by atoms with van der Waals surface area (Å²) in [6, 6.07) is 16.2. The topological polar surface area (TPSA) is 77.4 Å². The van der Waals surface area contributed by atoms with E-state index in [0.717, 1.165) is 11.3 Å². The number of carbonyl (C=O) groups excluding carboxylic acids is 1. The molecule has 7 heteroatoms. The zero-order valence-corrected chi connectivity index (χ0v) is 15.5. The van der Waals surface area contributed by atoms with E-state index in [1.165, 1.54) is 0 Å². The Bertz CT molecular complexity index is 909. The van der Waals surface area contributed by atoms with Gasteiger partial charge >= 0.3 is 6.03 Å². The maximum absolute atomic E-state index is 12.4. The van der Waals surface area contributed by atoms with Gasteiger partial charge in [-0.3, -0.25) is 5.32 Å². The molecule has 0 spiro atoms. The monoisotopic (exact) mass is 366 g/mol. The molecule has 27 heavy (non-hydrogen) atoms. The van der Waals surface area contributed by atoms with Crippen LogP contribution < -0.4 is 20.1 Å². The van der Waals surface area contributed by atoms with E-state index in [-0.39, 0.29) is 12.1 Å². The van der Waals surface area contributed by atoms with Crippen LogP contribution in [0.4, 0.5) is 10.6 Å². The molecule has 2 aromatic carbocycles. The van der Waals surface area contributed by atoms with Crippen molar-refractivity contribution in [3.05, 3.63) is 66.4 Å². The lowest BCUT2D eigenvalue weighted by molar-refractivity contribution is 0.249. The first-order chi connectivity index (χ1) is 13.1. The Hall–Kier alpha value is -3.48. The van der Waals surface area contributed by atoms with Gasteiger partial charge < -0.3 is 14.8 Å². The number of nitrogens with zero attached hydrogens (tertiary/aromatic N) is 2. The minimum Gasteiger partial charge on any atom is -0.497 e. The lowest BCUT2D eigenvalue weighted by atomic mass is 10.1. The number of carbonyl (C=O) groups is 1. The van der Waals surface area contributed by atoms with E-state index in [0.29, 0.717) is 17.3 Å². The second kappa shape index (κ2) is 8.27. The van der Waals surface area contributed by atoms with Crippen LogP contribution in [0.1, 0.15) is 18.5 Å². The average molecular weight is 366 g/mol. The van der Waals surface area contributed by atoms with Crippen LogP contribution in [-0.4, -0.2) is 30.0 Å². The zero-order valence-electron chi connectivity index (χ0n) is 15.5. The Labute approximate surface area is 157 Å². The van der Waals surface area contributed by atoms with Crippen molar-refractivity contribution in [3.63, 3.8) is 0 Å². The van der Waals surface area contributed by atoms with Crippen LogP contribution in [0.15, 0.2) is 60.8 Å². The number of hydrogen-bond acceptors (Lipinski definition) is 4. The molecule has 2 N–H and O–H groups in total. The number of aromatic nitrogens is 2. The summed E-state index contributed by atoms with van der Waals surface area (Å²) in [5.41, 5.74) is 1.74. The molecule has 140 valence electrons. The van der Waals surface area contributed by atoms with Gasteiger partial charge in [0.1, 0.15) is 11.5 Å². The summed E-state index contributed by atoms with van der Waals surface area (Å²) in [7, 11) is 3.19. The average Bonchev–Trinajstić information content (AvgIpc) is 3.16. The molecule has 7 nitrogen and oxygen atoms in total. The van der Waals surface area contributed by atoms with Gasteiger partial charge in [0.15, 0.2) is 5.82 Å². The van der Waals surface area contributed by atoms with E-state index >= 15 is 0 Å². The molecule has 0 aliphatic carbocycles. The molecule has 1 heterocycles. The summed E-state index contributed by atoms with van der Waals surface area (Å²) in [6.45, 7) is 1.87. The number of anilines is 1. The SMILES string of the molecule is COc1ccc(OC)c(C(C)NC(=O)Nc2ccn(-c3ccccc3)n2)c1. The van der Waals surface area contributed by atoms with E-state index < -0.39 is 0 Å². The minimum absolute atomic E-state index is 0.286. The lowest BCUT2D eigenvalue weighted by Crippen LogP contribution is -2.31. The van der Waals surface area contributed by atoms with Crippen LogP contribution in [0.2, 0.25) is 0 Å². The molecule has 2 amide bonds. The highest BCUT2D eigenvalue weighted by atomic mass is 16.5. The largest absolute Gasteiger partial charge is 0.497 e. The van der Waals surface area contributed by atoms with E-state index in [9.17, 15) is 4.79 Å². The van der Waals surface area contributed by atoms with Gasteiger partial charge in [0.2, 0.25) is 0 Å². The number of methoxy groups -OCH3 is 2. The van der Waals surface area contributed by atoms with Crippen LogP contribution in [0.5, 0.6) is 11.5 Å². The number of rotatable bonds is 6. The van der Waals surface area contributed by atoms with Gasteiger partial charge in [-0.25, -0.2) is 9.48 Å². The Morgan fingerprint density at radius 1 is 1.07 bits per heavy atom. The standard InChI is InChI=1S/C20H22N4O3/c1-14(17-13-16(26-2)9-10-18(17)27-3)21-20(25)22-19-11-12-24(23-19)15-7-5-4-6-8-15/h4-14H,1-3H3,(H2,21,22,23,25). The Morgan fingerprint density at radius 2 is 1.85 bits per heavy atom. The molecule has 0 radical (unpaired) electrons. The van der Waals surface area contributed by atoms with Gasteiger partial charge in [-0.15, -0.1) is 5.10 Å². The van der Waals surface area contributed by atoms with Crippen molar-refractivity contribution in [2.75, 3.05) is 19.5 Å². The van der Waals surface area contributed by atoms with Gasteiger partial charge in [-0.1, -0.05) is 18.2 Å². The number of ether oxygens (including phenoxy) is 2. The summed E-state index contributed by atoms with van der Waals surface area (Å²) in [4.78, 5) is 12.4. The van der Waals surface area contributed by atoms with Crippen molar-refractivity contribution in [2.24, 2.45) is 0 Å². The summed E-state index contributed by atoms with van der Waals surface area (Å²) < 4.78 is 12.3. The highest BCUT2D eigenvalue weighted by molar-refractivity contribution is 5.88. The summed E-state index contributed by atoms with van der Waals surface area (Å²) in [5.74, 6) is 1.83. The minimum atomic E-state index is -0.356. The maximum atomic E-state index is 12.4. The number of nitrogens with one attached hydrogen (secondary N) is 2. The Morgan fingerprint density at radius 3 is 2.56 bits per heavy atom. The third-order valence-electron chi connectivity index (χ3n) is 4.10. The molecule has 0 bridgehead atoms. The van der Waals surface area contributed by atoms with E-state index in [4.69, 9.17) is 9.47 Å². The molecule has 0 fully saturated rings. The maximum Gasteiger partial charge on any atom is 0.320 e. The quantitative estimate of drug-likeness (QED) is 0.696. The van der Waals surface area contributed by atoms with E-state index in [1.807, 2.05) is 55.5 Å². The third-order valence-corrected chi connectivity index (χ3v) is 4.10. The molecular weight excluding hydrogens is 344 g/mol. The van der Waals surface area contributed by atoms with Gasteiger partial charge in [0.25, 0.3) is 0 Å². The molecule has 3 rings (SSSR count). The summed E-state index contributed by atoms with van der Waals surface area (Å²) in [5, 5.41) is 9.99. The Kier molecular flexibility index (Phi) is 5.61. The Balaban J connectivity index is 1.67. The highest BCUT2D eigenvalue weighted by Crippen LogP contribution is 2.29. The molecule has 1 aromatic heterocycles. The number of benzene rings is 2. The molecule has 0 saturated carbocycles. The zero-order chi connectivity index (χ0) is 19.2. The van der Waals surface area contributed by atoms with Crippen LogP contribution in [0.3, 0.4) is 0 Å². The molecule has 1 unspecified atom stereocenters. The summed E-state index contributed by atoms with van der Waals surface area (Å²) >= 11 is 0. The van der Waals surface area contributed by atoms with Crippen molar-refractivity contribution in [1.29, 1.82) is 0 Å². The molecular formula is C20H22N4O3. The molecule has 0 aliphatic heterocycles. The second-order valence-corrected chi connectivity index (χ2v) is 5.91. The van der Waals surface area contributed by atoms with Gasteiger partial charge in [-0.2, -0.15) is 0 Å². The van der Waals surface area contributed by atoms with Crippen LogP contribution in [0.25, 0.3) is 5.69 Å². The van der Waals surface area contributed by atoms with Crippen molar-refractivity contribution >= 4 is 11.8 Å². The third kappa shape index (κ3) is 4.38. The lowest BCUT2D eigenvalue weighted by Gasteiger charge is -2.18. The highest BCUT2D eigenvalue weighted by Gasteiger charge is 2.16. The predicted octanol–water partition coefficient (Wildman–Crippen LogP) is 3.77. The summed E-state index contributed by atoms with van der Waals surface area (Å²) in [6.07, 6.45) is 1.79. The molecule has 0 aliphatic rings. The van der Waals surface area contributed by atoms with Crippen molar-refractivity contribution in [1.82, 2.24) is 15.1 Å². The first-order valence-electron chi connectivity index (χ1n) is 8.51.